The highest BCUT2D eigenvalue weighted by Gasteiger charge is 2.02. The number of rotatable bonds is 9. The van der Waals surface area contributed by atoms with Gasteiger partial charge in [0.1, 0.15) is 5.75 Å². The molecule has 2 rings (SSSR count). The average molecular weight is 276 g/mol. The second kappa shape index (κ2) is 7.92. The number of hydrogen-bond acceptors (Lipinski definition) is 3. The van der Waals surface area contributed by atoms with Gasteiger partial charge in [0.2, 0.25) is 0 Å². The topological polar surface area (TPSA) is 35.4 Å². The molecule has 0 aliphatic heterocycles. The summed E-state index contributed by atoms with van der Waals surface area (Å²) in [5.74, 6) is 0.940. The number of nitrogens with zero attached hydrogens (tertiary/aromatic N) is 1. The molecule has 0 saturated carbocycles. The largest absolute Gasteiger partial charge is 0.494 e. The van der Waals surface area contributed by atoms with Gasteiger partial charge in [-0.2, -0.15) is 0 Å². The van der Waals surface area contributed by atoms with Crippen LogP contribution in [0.5, 0.6) is 5.75 Å². The van der Waals surface area contributed by atoms with E-state index in [2.05, 4.69) is 34.3 Å². The standard InChI is InChI=1S/C16H24N2O2/c1-3-20-15-5-6-16-14(13-15)7-10-18(16)11-9-17-8-4-12-19-2/h5-7,10,13,17H,3-4,8-9,11-12H2,1-2H3. The average Bonchev–Trinajstić information content (AvgIpc) is 2.86. The van der Waals surface area contributed by atoms with Gasteiger partial charge in [-0.15, -0.1) is 0 Å². The van der Waals surface area contributed by atoms with Crippen LogP contribution in [0.4, 0.5) is 0 Å². The Morgan fingerprint density at radius 2 is 2.10 bits per heavy atom. The van der Waals surface area contributed by atoms with Crippen molar-refractivity contribution in [2.45, 2.75) is 19.9 Å². The third kappa shape index (κ3) is 3.99. The van der Waals surface area contributed by atoms with Crippen molar-refractivity contribution in [3.8, 4) is 5.75 Å². The summed E-state index contributed by atoms with van der Waals surface area (Å²) in [6, 6.07) is 8.41. The molecular formula is C16H24N2O2. The predicted octanol–water partition coefficient (Wildman–Crippen LogP) is 2.67. The number of nitrogens with one attached hydrogen (secondary N) is 1. The monoisotopic (exact) mass is 276 g/mol. The SMILES string of the molecule is CCOc1ccc2c(ccn2CCNCCCOC)c1. The summed E-state index contributed by atoms with van der Waals surface area (Å²) in [5, 5.41) is 4.66. The van der Waals surface area contributed by atoms with E-state index < -0.39 is 0 Å². The van der Waals surface area contributed by atoms with Gasteiger partial charge in [-0.05, 0) is 44.2 Å². The molecule has 4 nitrogen and oxygen atoms in total. The number of hydrogen-bond donors (Lipinski definition) is 1. The van der Waals surface area contributed by atoms with E-state index in [4.69, 9.17) is 9.47 Å². The Morgan fingerprint density at radius 1 is 1.20 bits per heavy atom. The lowest BCUT2D eigenvalue weighted by atomic mass is 10.2. The molecular weight excluding hydrogens is 252 g/mol. The molecule has 4 heteroatoms. The lowest BCUT2D eigenvalue weighted by Gasteiger charge is -2.08. The van der Waals surface area contributed by atoms with Crippen LogP contribution in [-0.2, 0) is 11.3 Å². The fourth-order valence-corrected chi connectivity index (χ4v) is 2.30. The second-order valence-corrected chi connectivity index (χ2v) is 4.76. The minimum atomic E-state index is 0.706. The molecule has 0 radical (unpaired) electrons. The molecule has 0 bridgehead atoms. The summed E-state index contributed by atoms with van der Waals surface area (Å²) in [6.07, 6.45) is 3.19. The summed E-state index contributed by atoms with van der Waals surface area (Å²) in [7, 11) is 1.74. The minimum absolute atomic E-state index is 0.706. The molecule has 0 atom stereocenters. The van der Waals surface area contributed by atoms with Crippen LogP contribution in [0.15, 0.2) is 30.5 Å². The van der Waals surface area contributed by atoms with Crippen molar-refractivity contribution in [2.24, 2.45) is 0 Å². The Bertz CT molecular complexity index is 522. The number of ether oxygens (including phenoxy) is 2. The van der Waals surface area contributed by atoms with Crippen LogP contribution in [0.1, 0.15) is 13.3 Å². The molecule has 0 amide bonds. The van der Waals surface area contributed by atoms with Crippen molar-refractivity contribution in [2.75, 3.05) is 33.4 Å². The lowest BCUT2D eigenvalue weighted by molar-refractivity contribution is 0.194. The van der Waals surface area contributed by atoms with Crippen molar-refractivity contribution >= 4 is 10.9 Å². The van der Waals surface area contributed by atoms with Crippen molar-refractivity contribution in [3.63, 3.8) is 0 Å². The van der Waals surface area contributed by atoms with Crippen molar-refractivity contribution in [3.05, 3.63) is 30.5 Å². The third-order valence-corrected chi connectivity index (χ3v) is 3.28. The number of benzene rings is 1. The first-order chi connectivity index (χ1) is 9.85. The molecule has 0 fully saturated rings. The molecule has 1 N–H and O–H groups in total. The normalized spacial score (nSPS) is 11.1. The summed E-state index contributed by atoms with van der Waals surface area (Å²) in [6.45, 7) is 6.48. The third-order valence-electron chi connectivity index (χ3n) is 3.28. The van der Waals surface area contributed by atoms with Crippen LogP contribution in [0.25, 0.3) is 10.9 Å². The summed E-state index contributed by atoms with van der Waals surface area (Å²) < 4.78 is 12.8. The van der Waals surface area contributed by atoms with Crippen LogP contribution in [0.3, 0.4) is 0 Å². The van der Waals surface area contributed by atoms with E-state index >= 15 is 0 Å². The maximum atomic E-state index is 5.53. The van der Waals surface area contributed by atoms with E-state index in [0.29, 0.717) is 6.61 Å². The second-order valence-electron chi connectivity index (χ2n) is 4.76. The first-order valence-electron chi connectivity index (χ1n) is 7.26. The van der Waals surface area contributed by atoms with Gasteiger partial charge in [0, 0.05) is 43.9 Å². The van der Waals surface area contributed by atoms with E-state index in [0.717, 1.165) is 38.4 Å². The van der Waals surface area contributed by atoms with E-state index in [9.17, 15) is 0 Å². The first-order valence-corrected chi connectivity index (χ1v) is 7.26. The van der Waals surface area contributed by atoms with Gasteiger partial charge in [-0.3, -0.25) is 0 Å². The molecule has 0 spiro atoms. The van der Waals surface area contributed by atoms with Crippen LogP contribution in [0.2, 0.25) is 0 Å². The Morgan fingerprint density at radius 3 is 2.90 bits per heavy atom. The molecule has 20 heavy (non-hydrogen) atoms. The summed E-state index contributed by atoms with van der Waals surface area (Å²) in [5.41, 5.74) is 1.26. The predicted molar refractivity (Wildman–Crippen MR) is 82.5 cm³/mol. The quantitative estimate of drug-likeness (QED) is 0.715. The molecule has 2 aromatic rings. The molecule has 0 saturated heterocycles. The fourth-order valence-electron chi connectivity index (χ4n) is 2.30. The van der Waals surface area contributed by atoms with Gasteiger partial charge in [-0.1, -0.05) is 0 Å². The Balaban J connectivity index is 1.87. The zero-order chi connectivity index (χ0) is 14.2. The van der Waals surface area contributed by atoms with Crippen molar-refractivity contribution in [1.82, 2.24) is 9.88 Å². The molecule has 1 aromatic heterocycles. The molecule has 0 aliphatic carbocycles. The van der Waals surface area contributed by atoms with Crippen molar-refractivity contribution in [1.29, 1.82) is 0 Å². The van der Waals surface area contributed by atoms with Crippen LogP contribution in [-0.4, -0.2) is 38.0 Å². The minimum Gasteiger partial charge on any atom is -0.494 e. The van der Waals surface area contributed by atoms with Gasteiger partial charge >= 0.3 is 0 Å². The first kappa shape index (κ1) is 14.9. The van der Waals surface area contributed by atoms with Gasteiger partial charge < -0.3 is 19.4 Å². The van der Waals surface area contributed by atoms with Gasteiger partial charge in [0.05, 0.1) is 6.61 Å². The zero-order valence-electron chi connectivity index (χ0n) is 12.4. The maximum absolute atomic E-state index is 5.53. The van der Waals surface area contributed by atoms with Gasteiger partial charge in [-0.25, -0.2) is 0 Å². The van der Waals surface area contributed by atoms with Crippen LogP contribution < -0.4 is 10.1 Å². The van der Waals surface area contributed by atoms with E-state index in [1.807, 2.05) is 13.0 Å². The van der Waals surface area contributed by atoms with Crippen LogP contribution >= 0.6 is 0 Å². The van der Waals surface area contributed by atoms with E-state index in [1.165, 1.54) is 10.9 Å². The maximum Gasteiger partial charge on any atom is 0.120 e. The number of fused-ring (bicyclic) bond motifs is 1. The molecule has 1 heterocycles. The molecule has 1 aromatic carbocycles. The van der Waals surface area contributed by atoms with E-state index in [1.54, 1.807) is 7.11 Å². The number of aromatic nitrogens is 1. The number of methoxy groups -OCH3 is 1. The lowest BCUT2D eigenvalue weighted by Crippen LogP contribution is -2.21. The summed E-state index contributed by atoms with van der Waals surface area (Å²) >= 11 is 0. The van der Waals surface area contributed by atoms with Gasteiger partial charge in [0.25, 0.3) is 0 Å². The zero-order valence-corrected chi connectivity index (χ0v) is 12.4. The van der Waals surface area contributed by atoms with Gasteiger partial charge in [0.15, 0.2) is 0 Å². The fraction of sp³-hybridized carbons (Fsp3) is 0.500. The smallest absolute Gasteiger partial charge is 0.120 e. The summed E-state index contributed by atoms with van der Waals surface area (Å²) in [4.78, 5) is 0. The highest BCUT2D eigenvalue weighted by Crippen LogP contribution is 2.21. The molecule has 0 unspecified atom stereocenters. The highest BCUT2D eigenvalue weighted by molar-refractivity contribution is 5.81. The Hall–Kier alpha value is -1.52. The van der Waals surface area contributed by atoms with Crippen molar-refractivity contribution < 1.29 is 9.47 Å². The molecule has 110 valence electrons. The Labute approximate surface area is 120 Å². The van der Waals surface area contributed by atoms with E-state index in [-0.39, 0.29) is 0 Å². The Kier molecular flexibility index (Phi) is 5.89. The highest BCUT2D eigenvalue weighted by atomic mass is 16.5. The molecule has 0 aliphatic rings. The van der Waals surface area contributed by atoms with Crippen LogP contribution in [0, 0.1) is 0 Å².